The molecule has 2 heterocycles. The van der Waals surface area contributed by atoms with E-state index in [0.717, 1.165) is 5.75 Å². The average molecular weight is 287 g/mol. The maximum absolute atomic E-state index is 12.4. The molecule has 1 unspecified atom stereocenters. The summed E-state index contributed by atoms with van der Waals surface area (Å²) >= 11 is 1.53. The highest BCUT2D eigenvalue weighted by Gasteiger charge is 2.35. The fourth-order valence-corrected chi connectivity index (χ4v) is 3.23. The Labute approximate surface area is 115 Å². The number of nitrogens with zero attached hydrogens (tertiary/aromatic N) is 2. The molecule has 3 amide bonds. The Morgan fingerprint density at radius 1 is 1.37 bits per heavy atom. The molecule has 1 atom stereocenters. The minimum atomic E-state index is -0.986. The molecule has 0 aromatic rings. The van der Waals surface area contributed by atoms with Crippen LogP contribution in [0.25, 0.3) is 0 Å². The van der Waals surface area contributed by atoms with E-state index >= 15 is 0 Å². The van der Waals surface area contributed by atoms with E-state index in [4.69, 9.17) is 5.11 Å². The largest absolute Gasteiger partial charge is 0.480 e. The molecule has 0 radical (unpaired) electrons. The molecule has 106 valence electrons. The van der Waals surface area contributed by atoms with Gasteiger partial charge in [-0.15, -0.1) is 0 Å². The molecule has 8 heteroatoms. The number of urea groups is 1. The van der Waals surface area contributed by atoms with Gasteiger partial charge in [-0.2, -0.15) is 11.8 Å². The molecule has 0 spiro atoms. The molecule has 2 aliphatic rings. The first kappa shape index (κ1) is 14.0. The standard InChI is InChI=1S/C11H17N3O4S/c15-9-6-13(3-1-2-12-9)11(18)14-4-5-19-7-8(14)10(16)17/h8H,1-7H2,(H,12,15)(H,16,17). The Hall–Kier alpha value is -1.44. The van der Waals surface area contributed by atoms with E-state index in [1.807, 2.05) is 0 Å². The lowest BCUT2D eigenvalue weighted by atomic mass is 10.3. The predicted octanol–water partition coefficient (Wildman–Crippen LogP) is -0.570. The van der Waals surface area contributed by atoms with Gasteiger partial charge in [0.15, 0.2) is 0 Å². The Balaban J connectivity index is 2.07. The number of nitrogens with one attached hydrogen (secondary N) is 1. The van der Waals surface area contributed by atoms with Crippen LogP contribution in [0.3, 0.4) is 0 Å². The van der Waals surface area contributed by atoms with Crippen LogP contribution in [0.4, 0.5) is 4.79 Å². The van der Waals surface area contributed by atoms with Crippen LogP contribution in [0.1, 0.15) is 6.42 Å². The molecule has 2 N–H and O–H groups in total. The van der Waals surface area contributed by atoms with Crippen LogP contribution in [0.5, 0.6) is 0 Å². The van der Waals surface area contributed by atoms with E-state index in [9.17, 15) is 14.4 Å². The van der Waals surface area contributed by atoms with Gasteiger partial charge in [-0.25, -0.2) is 9.59 Å². The summed E-state index contributed by atoms with van der Waals surface area (Å²) in [4.78, 5) is 37.8. The van der Waals surface area contributed by atoms with Crippen molar-refractivity contribution in [3.8, 4) is 0 Å². The van der Waals surface area contributed by atoms with Crippen molar-refractivity contribution >= 4 is 29.7 Å². The molecule has 19 heavy (non-hydrogen) atoms. The van der Waals surface area contributed by atoms with Crippen LogP contribution in [0.2, 0.25) is 0 Å². The maximum atomic E-state index is 12.4. The van der Waals surface area contributed by atoms with Crippen molar-refractivity contribution in [1.82, 2.24) is 15.1 Å². The minimum absolute atomic E-state index is 0.00875. The van der Waals surface area contributed by atoms with Crippen LogP contribution in [0, 0.1) is 0 Å². The molecule has 2 fully saturated rings. The molecule has 2 aliphatic heterocycles. The first-order valence-corrected chi connectivity index (χ1v) is 7.38. The summed E-state index contributed by atoms with van der Waals surface area (Å²) in [7, 11) is 0. The van der Waals surface area contributed by atoms with Crippen molar-refractivity contribution < 1.29 is 19.5 Å². The molecule has 0 aromatic heterocycles. The van der Waals surface area contributed by atoms with Gasteiger partial charge in [-0.3, -0.25) is 4.79 Å². The number of carboxylic acid groups (broad SMARTS) is 1. The number of carbonyl (C=O) groups is 3. The highest BCUT2D eigenvalue weighted by molar-refractivity contribution is 7.99. The number of carboxylic acids is 1. The Morgan fingerprint density at radius 2 is 2.16 bits per heavy atom. The second-order valence-electron chi connectivity index (χ2n) is 4.53. The summed E-state index contributed by atoms with van der Waals surface area (Å²) in [5.74, 6) is -0.0413. The first-order chi connectivity index (χ1) is 9.09. The molecule has 0 bridgehead atoms. The van der Waals surface area contributed by atoms with Crippen LogP contribution >= 0.6 is 11.8 Å². The number of aliphatic carboxylic acids is 1. The van der Waals surface area contributed by atoms with E-state index < -0.39 is 12.0 Å². The summed E-state index contributed by atoms with van der Waals surface area (Å²) < 4.78 is 0. The third kappa shape index (κ3) is 3.31. The van der Waals surface area contributed by atoms with Crippen molar-refractivity contribution in [2.75, 3.05) is 37.7 Å². The number of amides is 3. The zero-order valence-electron chi connectivity index (χ0n) is 10.5. The van der Waals surface area contributed by atoms with Crippen molar-refractivity contribution in [2.24, 2.45) is 0 Å². The molecule has 0 aromatic carbocycles. The van der Waals surface area contributed by atoms with Crippen molar-refractivity contribution in [1.29, 1.82) is 0 Å². The van der Waals surface area contributed by atoms with E-state index in [-0.39, 0.29) is 18.5 Å². The predicted molar refractivity (Wildman–Crippen MR) is 70.1 cm³/mol. The van der Waals surface area contributed by atoms with Gasteiger partial charge in [0.1, 0.15) is 12.6 Å². The van der Waals surface area contributed by atoms with E-state index in [1.54, 1.807) is 0 Å². The number of thioether (sulfide) groups is 1. The molecular weight excluding hydrogens is 270 g/mol. The number of carbonyl (C=O) groups excluding carboxylic acids is 2. The summed E-state index contributed by atoms with van der Waals surface area (Å²) in [5.41, 5.74) is 0. The zero-order chi connectivity index (χ0) is 13.8. The quantitative estimate of drug-likeness (QED) is 0.674. The smallest absolute Gasteiger partial charge is 0.327 e. The Bertz CT molecular complexity index is 390. The topological polar surface area (TPSA) is 90.0 Å². The Kier molecular flexibility index (Phi) is 4.52. The normalized spacial score (nSPS) is 24.6. The lowest BCUT2D eigenvalue weighted by molar-refractivity contribution is -0.141. The first-order valence-electron chi connectivity index (χ1n) is 6.22. The lowest BCUT2D eigenvalue weighted by Crippen LogP contribution is -2.55. The molecule has 2 saturated heterocycles. The lowest BCUT2D eigenvalue weighted by Gasteiger charge is -2.36. The van der Waals surface area contributed by atoms with Crippen molar-refractivity contribution in [2.45, 2.75) is 12.5 Å². The highest BCUT2D eigenvalue weighted by Crippen LogP contribution is 2.18. The third-order valence-corrected chi connectivity index (χ3v) is 4.21. The Morgan fingerprint density at radius 3 is 2.89 bits per heavy atom. The van der Waals surface area contributed by atoms with Gasteiger partial charge in [0.2, 0.25) is 5.91 Å². The van der Waals surface area contributed by atoms with Gasteiger partial charge < -0.3 is 20.2 Å². The molecular formula is C11H17N3O4S. The van der Waals surface area contributed by atoms with Crippen molar-refractivity contribution in [3.63, 3.8) is 0 Å². The summed E-state index contributed by atoms with van der Waals surface area (Å²) in [6.07, 6.45) is 0.692. The second-order valence-corrected chi connectivity index (χ2v) is 5.68. The SMILES string of the molecule is O=C1CN(C(=O)N2CCSCC2C(=O)O)CCCN1. The van der Waals surface area contributed by atoms with Gasteiger partial charge >= 0.3 is 12.0 Å². The second kappa shape index (κ2) is 6.14. The fourth-order valence-electron chi connectivity index (χ4n) is 2.19. The zero-order valence-corrected chi connectivity index (χ0v) is 11.3. The minimum Gasteiger partial charge on any atom is -0.480 e. The number of hydrogen-bond donors (Lipinski definition) is 2. The fraction of sp³-hybridized carbons (Fsp3) is 0.727. The van der Waals surface area contributed by atoms with Gasteiger partial charge in [-0.1, -0.05) is 0 Å². The monoisotopic (exact) mass is 287 g/mol. The molecule has 7 nitrogen and oxygen atoms in total. The summed E-state index contributed by atoms with van der Waals surface area (Å²) in [6, 6.07) is -1.14. The van der Waals surface area contributed by atoms with Crippen LogP contribution < -0.4 is 5.32 Å². The number of hydrogen-bond acceptors (Lipinski definition) is 4. The van der Waals surface area contributed by atoms with E-state index in [1.165, 1.54) is 21.6 Å². The van der Waals surface area contributed by atoms with Crippen LogP contribution in [0.15, 0.2) is 0 Å². The molecule has 2 rings (SSSR count). The molecule has 0 aliphatic carbocycles. The third-order valence-electron chi connectivity index (χ3n) is 3.19. The highest BCUT2D eigenvalue weighted by atomic mass is 32.2. The van der Waals surface area contributed by atoms with Crippen LogP contribution in [-0.2, 0) is 9.59 Å². The van der Waals surface area contributed by atoms with Crippen LogP contribution in [-0.4, -0.2) is 76.5 Å². The van der Waals surface area contributed by atoms with E-state index in [0.29, 0.717) is 31.8 Å². The van der Waals surface area contributed by atoms with Gasteiger partial charge in [0.05, 0.1) is 0 Å². The maximum Gasteiger partial charge on any atom is 0.327 e. The summed E-state index contributed by atoms with van der Waals surface area (Å²) in [5, 5.41) is 11.9. The number of rotatable bonds is 1. The molecule has 0 saturated carbocycles. The van der Waals surface area contributed by atoms with Crippen molar-refractivity contribution in [3.05, 3.63) is 0 Å². The van der Waals surface area contributed by atoms with Gasteiger partial charge in [0.25, 0.3) is 0 Å². The van der Waals surface area contributed by atoms with Gasteiger partial charge in [0, 0.05) is 31.1 Å². The average Bonchev–Trinajstić information content (AvgIpc) is 2.62. The summed E-state index contributed by atoms with van der Waals surface area (Å²) in [6.45, 7) is 1.46. The van der Waals surface area contributed by atoms with Gasteiger partial charge in [-0.05, 0) is 6.42 Å². The van der Waals surface area contributed by atoms with E-state index in [2.05, 4.69) is 5.32 Å².